The molecular weight excluding hydrogens is 224 g/mol. The van der Waals surface area contributed by atoms with E-state index in [4.69, 9.17) is 5.73 Å². The molecule has 0 aromatic carbocycles. The van der Waals surface area contributed by atoms with E-state index in [9.17, 15) is 0 Å². The largest absolute Gasteiger partial charge is 0.366 e. The third-order valence-corrected chi connectivity index (χ3v) is 3.74. The lowest BCUT2D eigenvalue weighted by Gasteiger charge is -2.33. The quantitative estimate of drug-likeness (QED) is 0.879. The average Bonchev–Trinajstić information content (AvgIpc) is 2.60. The van der Waals surface area contributed by atoms with Gasteiger partial charge in [-0.3, -0.25) is 4.98 Å². The highest BCUT2D eigenvalue weighted by Gasteiger charge is 2.23. The Morgan fingerprint density at radius 1 is 1.44 bits per heavy atom. The Kier molecular flexibility index (Phi) is 4.55. The van der Waals surface area contributed by atoms with Crippen LogP contribution in [0, 0.1) is 0 Å². The number of hydrogen-bond acceptors (Lipinski definition) is 4. The first kappa shape index (κ1) is 13.3. The minimum absolute atomic E-state index is 0.513. The third-order valence-electron chi connectivity index (χ3n) is 3.74. The third kappa shape index (κ3) is 2.82. The van der Waals surface area contributed by atoms with Crippen molar-refractivity contribution in [3.8, 4) is 0 Å². The summed E-state index contributed by atoms with van der Waals surface area (Å²) in [5.74, 6) is 0. The molecule has 2 heterocycles. The lowest BCUT2D eigenvalue weighted by atomic mass is 10.1. The first-order valence-corrected chi connectivity index (χ1v) is 6.85. The Bertz CT molecular complexity index is 380. The van der Waals surface area contributed by atoms with Gasteiger partial charge in [0.25, 0.3) is 0 Å². The van der Waals surface area contributed by atoms with Gasteiger partial charge in [-0.25, -0.2) is 0 Å². The van der Waals surface area contributed by atoms with E-state index in [1.165, 1.54) is 18.7 Å². The van der Waals surface area contributed by atoms with Crippen molar-refractivity contribution in [2.75, 3.05) is 31.6 Å². The molecule has 1 aliphatic rings. The molecule has 4 heteroatoms. The van der Waals surface area contributed by atoms with Crippen molar-refractivity contribution < 1.29 is 0 Å². The molecule has 0 aliphatic carbocycles. The highest BCUT2D eigenvalue weighted by molar-refractivity contribution is 5.51. The monoisotopic (exact) mass is 248 g/mol. The normalized spacial score (nSPS) is 21.9. The van der Waals surface area contributed by atoms with Gasteiger partial charge in [0.05, 0.1) is 11.4 Å². The van der Waals surface area contributed by atoms with Crippen molar-refractivity contribution in [1.82, 2.24) is 9.88 Å². The minimum Gasteiger partial charge on any atom is -0.366 e. The first-order chi connectivity index (χ1) is 8.76. The highest BCUT2D eigenvalue weighted by atomic mass is 15.2. The Hall–Kier alpha value is -1.13. The summed E-state index contributed by atoms with van der Waals surface area (Å²) in [6.07, 6.45) is 4.19. The van der Waals surface area contributed by atoms with Crippen molar-refractivity contribution in [1.29, 1.82) is 0 Å². The van der Waals surface area contributed by atoms with Gasteiger partial charge in [0.2, 0.25) is 0 Å². The maximum absolute atomic E-state index is 5.81. The molecule has 0 amide bonds. The summed E-state index contributed by atoms with van der Waals surface area (Å²) in [7, 11) is 2.21. The Morgan fingerprint density at radius 2 is 2.28 bits per heavy atom. The summed E-state index contributed by atoms with van der Waals surface area (Å²) in [6, 6.07) is 4.73. The fourth-order valence-electron chi connectivity index (χ4n) is 2.76. The number of anilines is 1. The molecule has 4 nitrogen and oxygen atoms in total. The predicted molar refractivity (Wildman–Crippen MR) is 75.7 cm³/mol. The summed E-state index contributed by atoms with van der Waals surface area (Å²) in [4.78, 5) is 9.33. The van der Waals surface area contributed by atoms with Gasteiger partial charge in [-0.05, 0) is 38.6 Å². The molecule has 0 spiro atoms. The number of aromatic nitrogens is 1. The number of nitrogens with two attached hydrogens (primary N) is 1. The molecule has 0 saturated carbocycles. The zero-order valence-electron chi connectivity index (χ0n) is 11.5. The summed E-state index contributed by atoms with van der Waals surface area (Å²) in [6.45, 7) is 6.16. The maximum atomic E-state index is 5.81. The van der Waals surface area contributed by atoms with Crippen molar-refractivity contribution in [3.05, 3.63) is 24.0 Å². The maximum Gasteiger partial charge on any atom is 0.0772 e. The molecule has 1 aromatic rings. The molecule has 18 heavy (non-hydrogen) atoms. The zero-order chi connectivity index (χ0) is 13.0. The minimum atomic E-state index is 0.513. The first-order valence-electron chi connectivity index (χ1n) is 6.85. The fraction of sp³-hybridized carbons (Fsp3) is 0.643. The number of hydrogen-bond donors (Lipinski definition) is 1. The van der Waals surface area contributed by atoms with Crippen LogP contribution in [-0.2, 0) is 6.54 Å². The molecule has 2 rings (SSSR count). The second-order valence-corrected chi connectivity index (χ2v) is 5.04. The van der Waals surface area contributed by atoms with Gasteiger partial charge in [-0.1, -0.05) is 6.92 Å². The van der Waals surface area contributed by atoms with Crippen molar-refractivity contribution in [2.24, 2.45) is 5.73 Å². The molecule has 0 radical (unpaired) electrons. The van der Waals surface area contributed by atoms with Crippen LogP contribution in [0.2, 0.25) is 0 Å². The van der Waals surface area contributed by atoms with Crippen molar-refractivity contribution >= 4 is 5.69 Å². The van der Waals surface area contributed by atoms with Gasteiger partial charge in [0, 0.05) is 31.9 Å². The topological polar surface area (TPSA) is 45.4 Å². The van der Waals surface area contributed by atoms with E-state index in [1.54, 1.807) is 0 Å². The Balaban J connectivity index is 2.28. The molecule has 1 unspecified atom stereocenters. The molecule has 2 N–H and O–H groups in total. The van der Waals surface area contributed by atoms with E-state index in [0.29, 0.717) is 12.6 Å². The lowest BCUT2D eigenvalue weighted by molar-refractivity contribution is 0.328. The van der Waals surface area contributed by atoms with E-state index >= 15 is 0 Å². The lowest BCUT2D eigenvalue weighted by Crippen LogP contribution is -2.40. The van der Waals surface area contributed by atoms with Crippen LogP contribution < -0.4 is 10.6 Å². The number of pyridine rings is 1. The summed E-state index contributed by atoms with van der Waals surface area (Å²) < 4.78 is 0. The molecule has 1 saturated heterocycles. The molecule has 1 atom stereocenters. The van der Waals surface area contributed by atoms with Crippen LogP contribution in [0.1, 0.15) is 25.5 Å². The SMILES string of the molecule is CCC1CN(C)CCCN1c1cccnc1CN. The molecule has 1 aliphatic heterocycles. The van der Waals surface area contributed by atoms with E-state index in [0.717, 1.165) is 25.2 Å². The van der Waals surface area contributed by atoms with Gasteiger partial charge in [0.15, 0.2) is 0 Å². The number of likely N-dealkylation sites (N-methyl/N-ethyl adjacent to an activating group) is 1. The molecular formula is C14H24N4. The summed E-state index contributed by atoms with van der Waals surface area (Å²) in [5, 5.41) is 0. The van der Waals surface area contributed by atoms with Crippen LogP contribution in [0.15, 0.2) is 18.3 Å². The van der Waals surface area contributed by atoms with E-state index in [2.05, 4.69) is 34.8 Å². The summed E-state index contributed by atoms with van der Waals surface area (Å²) >= 11 is 0. The van der Waals surface area contributed by atoms with Crippen LogP contribution in [-0.4, -0.2) is 42.6 Å². The molecule has 0 bridgehead atoms. The van der Waals surface area contributed by atoms with Crippen LogP contribution in [0.3, 0.4) is 0 Å². The standard InChI is InChI=1S/C14H24N4/c1-3-12-11-17(2)8-5-9-18(12)14-6-4-7-16-13(14)10-15/h4,6-7,12H,3,5,8-11,15H2,1-2H3. The van der Waals surface area contributed by atoms with Gasteiger partial charge in [-0.15, -0.1) is 0 Å². The van der Waals surface area contributed by atoms with E-state index in [-0.39, 0.29) is 0 Å². The highest BCUT2D eigenvalue weighted by Crippen LogP contribution is 2.24. The molecule has 1 fully saturated rings. The van der Waals surface area contributed by atoms with Crippen molar-refractivity contribution in [3.63, 3.8) is 0 Å². The Labute approximate surface area is 110 Å². The number of rotatable bonds is 3. The fourth-order valence-corrected chi connectivity index (χ4v) is 2.76. The second kappa shape index (κ2) is 6.16. The van der Waals surface area contributed by atoms with Gasteiger partial charge < -0.3 is 15.5 Å². The van der Waals surface area contributed by atoms with Crippen molar-refractivity contribution in [2.45, 2.75) is 32.4 Å². The van der Waals surface area contributed by atoms with E-state index < -0.39 is 0 Å². The van der Waals surface area contributed by atoms with Gasteiger partial charge in [0.1, 0.15) is 0 Å². The molecule has 1 aromatic heterocycles. The molecule has 100 valence electrons. The average molecular weight is 248 g/mol. The zero-order valence-corrected chi connectivity index (χ0v) is 11.5. The van der Waals surface area contributed by atoms with Gasteiger partial charge >= 0.3 is 0 Å². The predicted octanol–water partition coefficient (Wildman–Crippen LogP) is 1.46. The van der Waals surface area contributed by atoms with E-state index in [1.807, 2.05) is 12.3 Å². The van der Waals surface area contributed by atoms with Crippen LogP contribution in [0.5, 0.6) is 0 Å². The number of nitrogens with zero attached hydrogens (tertiary/aromatic N) is 3. The van der Waals surface area contributed by atoms with Gasteiger partial charge in [-0.2, -0.15) is 0 Å². The Morgan fingerprint density at radius 3 is 3.00 bits per heavy atom. The van der Waals surface area contributed by atoms with Crippen LogP contribution in [0.25, 0.3) is 0 Å². The van der Waals surface area contributed by atoms with Crippen LogP contribution in [0.4, 0.5) is 5.69 Å². The second-order valence-electron chi connectivity index (χ2n) is 5.04. The van der Waals surface area contributed by atoms with Crippen LogP contribution >= 0.6 is 0 Å². The summed E-state index contributed by atoms with van der Waals surface area (Å²) in [5.41, 5.74) is 8.05. The smallest absolute Gasteiger partial charge is 0.0772 e.